The molecular weight excluding hydrogens is 308 g/mol. The van der Waals surface area contributed by atoms with E-state index < -0.39 is 6.11 Å². The van der Waals surface area contributed by atoms with Crippen molar-refractivity contribution in [3.8, 4) is 18.1 Å². The molecule has 0 unspecified atom stereocenters. The van der Waals surface area contributed by atoms with E-state index in [0.29, 0.717) is 0 Å². The van der Waals surface area contributed by atoms with Crippen molar-refractivity contribution in [1.29, 1.82) is 0 Å². The van der Waals surface area contributed by atoms with E-state index in [2.05, 4.69) is 15.6 Å². The average molecular weight is 329 g/mol. The van der Waals surface area contributed by atoms with Crippen molar-refractivity contribution in [1.82, 2.24) is 4.90 Å². The second-order valence-electron chi connectivity index (χ2n) is 5.47. The van der Waals surface area contributed by atoms with Gasteiger partial charge in [-0.05, 0) is 49.3 Å². The molecule has 0 amide bonds. The number of hydrogen-bond donors (Lipinski definition) is 0. The zero-order valence-corrected chi connectivity index (χ0v) is 14.1. The first-order valence-corrected chi connectivity index (χ1v) is 7.91. The summed E-state index contributed by atoms with van der Waals surface area (Å²) in [6.45, 7) is 6.14. The fourth-order valence-corrected chi connectivity index (χ4v) is 2.34. The summed E-state index contributed by atoms with van der Waals surface area (Å²) in [5.74, 6) is 2.82. The maximum Gasteiger partial charge on any atom is 0.397 e. The summed E-state index contributed by atoms with van der Waals surface area (Å²) in [5, 5.41) is 0. The number of ether oxygens (including phenoxy) is 1. The Kier molecular flexibility index (Phi) is 5.46. The van der Waals surface area contributed by atoms with Crippen molar-refractivity contribution < 1.29 is 13.5 Å². The largest absolute Gasteiger partial charge is 0.433 e. The minimum atomic E-state index is -3.15. The number of terminal acetylenes is 1. The number of likely N-dealkylation sites (N-methyl/N-ethyl adjacent to an activating group) is 1. The lowest BCUT2D eigenvalue weighted by atomic mass is 10.0. The van der Waals surface area contributed by atoms with E-state index in [4.69, 9.17) is 6.42 Å². The van der Waals surface area contributed by atoms with Gasteiger partial charge in [-0.2, -0.15) is 8.78 Å². The molecule has 0 aromatic heterocycles. The van der Waals surface area contributed by atoms with Crippen LogP contribution in [0.3, 0.4) is 0 Å². The molecule has 0 aliphatic carbocycles. The fraction of sp³-hybridized carbons (Fsp3) is 0.300. The molecular formula is C20H21F2NO. The zero-order valence-electron chi connectivity index (χ0n) is 14.1. The van der Waals surface area contributed by atoms with Crippen LogP contribution in [-0.4, -0.2) is 17.6 Å². The summed E-state index contributed by atoms with van der Waals surface area (Å²) < 4.78 is 31.2. The van der Waals surface area contributed by atoms with Crippen LogP contribution in [0.4, 0.5) is 8.78 Å². The second-order valence-corrected chi connectivity index (χ2v) is 5.47. The molecule has 24 heavy (non-hydrogen) atoms. The normalized spacial score (nSPS) is 16.5. The Morgan fingerprint density at radius 3 is 2.46 bits per heavy atom. The van der Waals surface area contributed by atoms with Gasteiger partial charge < -0.3 is 9.64 Å². The molecule has 0 N–H and O–H groups in total. The molecule has 1 aliphatic heterocycles. The van der Waals surface area contributed by atoms with E-state index in [-0.39, 0.29) is 12.2 Å². The maximum atomic E-state index is 13.3. The number of hydrogen-bond acceptors (Lipinski definition) is 2. The predicted octanol–water partition coefficient (Wildman–Crippen LogP) is 5.21. The molecule has 126 valence electrons. The smallest absolute Gasteiger partial charge is 0.397 e. The quantitative estimate of drug-likeness (QED) is 0.688. The molecule has 0 saturated heterocycles. The SMILES string of the molecule is C#C/C(C)=C1/C=C(c2ccc(OC(F)(F)CC)cc2)C=CN1CC. The number of nitrogens with zero attached hydrogens (tertiary/aromatic N) is 1. The third kappa shape index (κ3) is 4.05. The Morgan fingerprint density at radius 2 is 1.92 bits per heavy atom. The Bertz CT molecular complexity index is 721. The molecule has 0 radical (unpaired) electrons. The van der Waals surface area contributed by atoms with E-state index in [9.17, 15) is 8.78 Å². The standard InChI is InChI=1S/C20H21F2NO/c1-5-15(4)19-14-17(12-13-23(19)7-3)16-8-10-18(11-9-16)24-20(21,22)6-2/h1,8-14H,6-7H2,2-4H3/b19-15-. The van der Waals surface area contributed by atoms with Crippen molar-refractivity contribution in [3.63, 3.8) is 0 Å². The maximum absolute atomic E-state index is 13.3. The van der Waals surface area contributed by atoms with E-state index >= 15 is 0 Å². The molecule has 1 heterocycles. The van der Waals surface area contributed by atoms with Crippen LogP contribution in [0.1, 0.15) is 32.8 Å². The number of halogens is 2. The highest BCUT2D eigenvalue weighted by Gasteiger charge is 2.28. The molecule has 0 bridgehead atoms. The van der Waals surface area contributed by atoms with Gasteiger partial charge in [-0.25, -0.2) is 0 Å². The van der Waals surface area contributed by atoms with Gasteiger partial charge in [-0.15, -0.1) is 6.42 Å². The zero-order chi connectivity index (χ0) is 17.7. The molecule has 0 spiro atoms. The molecule has 0 atom stereocenters. The van der Waals surface area contributed by atoms with Crippen LogP contribution in [-0.2, 0) is 0 Å². The highest BCUT2D eigenvalue weighted by atomic mass is 19.3. The minimum Gasteiger partial charge on any atom is -0.433 e. The van der Waals surface area contributed by atoms with Gasteiger partial charge in [-0.1, -0.05) is 25.0 Å². The van der Waals surface area contributed by atoms with Gasteiger partial charge in [0.15, 0.2) is 0 Å². The number of alkyl halides is 2. The third-order valence-electron chi connectivity index (χ3n) is 3.84. The van der Waals surface area contributed by atoms with E-state index in [1.54, 1.807) is 24.3 Å². The molecule has 0 saturated carbocycles. The number of benzene rings is 1. The van der Waals surface area contributed by atoms with Crippen LogP contribution >= 0.6 is 0 Å². The predicted molar refractivity (Wildman–Crippen MR) is 93.3 cm³/mol. The van der Waals surface area contributed by atoms with Crippen LogP contribution in [0.15, 0.2) is 53.9 Å². The Morgan fingerprint density at radius 1 is 1.25 bits per heavy atom. The lowest BCUT2D eigenvalue weighted by Crippen LogP contribution is -2.23. The summed E-state index contributed by atoms with van der Waals surface area (Å²) in [6.07, 6.45) is 7.97. The van der Waals surface area contributed by atoms with E-state index in [0.717, 1.165) is 29.0 Å². The average Bonchev–Trinajstić information content (AvgIpc) is 2.61. The van der Waals surface area contributed by atoms with Crippen molar-refractivity contribution in [2.24, 2.45) is 0 Å². The van der Waals surface area contributed by atoms with Gasteiger partial charge in [0.1, 0.15) is 5.75 Å². The second kappa shape index (κ2) is 7.35. The van der Waals surface area contributed by atoms with Gasteiger partial charge in [0.25, 0.3) is 0 Å². The summed E-state index contributed by atoms with van der Waals surface area (Å²) in [6, 6.07) is 6.64. The molecule has 2 rings (SSSR count). The van der Waals surface area contributed by atoms with Crippen LogP contribution in [0.25, 0.3) is 5.57 Å². The number of rotatable bonds is 5. The first-order valence-electron chi connectivity index (χ1n) is 7.91. The van der Waals surface area contributed by atoms with Crippen molar-refractivity contribution in [2.45, 2.75) is 33.3 Å². The van der Waals surface area contributed by atoms with E-state index in [1.165, 1.54) is 6.92 Å². The Labute approximate surface area is 142 Å². The van der Waals surface area contributed by atoms with Crippen molar-refractivity contribution in [3.05, 3.63) is 59.5 Å². The molecule has 0 fully saturated rings. The monoisotopic (exact) mass is 329 g/mol. The summed E-state index contributed by atoms with van der Waals surface area (Å²) in [5.41, 5.74) is 3.70. The van der Waals surface area contributed by atoms with Crippen LogP contribution in [0, 0.1) is 12.3 Å². The molecule has 1 aromatic rings. The van der Waals surface area contributed by atoms with Gasteiger partial charge >= 0.3 is 6.11 Å². The summed E-state index contributed by atoms with van der Waals surface area (Å²) in [4.78, 5) is 2.07. The topological polar surface area (TPSA) is 12.5 Å². The highest BCUT2D eigenvalue weighted by Crippen LogP contribution is 2.29. The first kappa shape index (κ1) is 17.8. The van der Waals surface area contributed by atoms with Gasteiger partial charge in [0.05, 0.1) is 5.70 Å². The van der Waals surface area contributed by atoms with E-state index in [1.807, 2.05) is 32.2 Å². The lowest BCUT2D eigenvalue weighted by molar-refractivity contribution is -0.177. The number of allylic oxidation sites excluding steroid dienone is 4. The van der Waals surface area contributed by atoms with Crippen LogP contribution < -0.4 is 4.74 Å². The first-order chi connectivity index (χ1) is 11.4. The van der Waals surface area contributed by atoms with Gasteiger partial charge in [-0.3, -0.25) is 0 Å². The third-order valence-corrected chi connectivity index (χ3v) is 3.84. The van der Waals surface area contributed by atoms with Crippen molar-refractivity contribution in [2.75, 3.05) is 6.54 Å². The molecule has 4 heteroatoms. The lowest BCUT2D eigenvalue weighted by Gasteiger charge is -2.25. The van der Waals surface area contributed by atoms with Gasteiger partial charge in [0.2, 0.25) is 0 Å². The highest BCUT2D eigenvalue weighted by molar-refractivity contribution is 5.78. The van der Waals surface area contributed by atoms with Crippen LogP contribution in [0.2, 0.25) is 0 Å². The van der Waals surface area contributed by atoms with Gasteiger partial charge in [0, 0.05) is 24.7 Å². The Balaban J connectivity index is 2.28. The van der Waals surface area contributed by atoms with Crippen LogP contribution in [0.5, 0.6) is 5.75 Å². The van der Waals surface area contributed by atoms with Crippen molar-refractivity contribution >= 4 is 5.57 Å². The summed E-state index contributed by atoms with van der Waals surface area (Å²) >= 11 is 0. The fourth-order valence-electron chi connectivity index (χ4n) is 2.34. The summed E-state index contributed by atoms with van der Waals surface area (Å²) in [7, 11) is 0. The molecule has 1 aromatic carbocycles. The minimum absolute atomic E-state index is 0.150. The molecule has 2 nitrogen and oxygen atoms in total. The molecule has 1 aliphatic rings. The Hall–Kier alpha value is -2.54.